The highest BCUT2D eigenvalue weighted by Crippen LogP contribution is 2.33. The molecule has 0 spiro atoms. The minimum Gasteiger partial charge on any atom is -0.383 e. The Balaban J connectivity index is 2.05. The summed E-state index contributed by atoms with van der Waals surface area (Å²) in [7, 11) is 0. The smallest absolute Gasteiger partial charge is 0.164 e. The highest BCUT2D eigenvalue weighted by atomic mass is 15.3. The maximum absolute atomic E-state index is 6.15. The van der Waals surface area contributed by atoms with Gasteiger partial charge >= 0.3 is 0 Å². The average Bonchev–Trinajstić information content (AvgIpc) is 3.07. The SMILES string of the molecule is Cc1ccc2[nH]c(-c3nn(C(C)(C)C)c4ncnc(N)c34)cc2c1. The fourth-order valence-electron chi connectivity index (χ4n) is 3.01. The van der Waals surface area contributed by atoms with Crippen molar-refractivity contribution in [3.05, 3.63) is 36.2 Å². The number of aryl methyl sites for hydroxylation is 1. The molecule has 1 aromatic carbocycles. The van der Waals surface area contributed by atoms with Gasteiger partial charge in [0.1, 0.15) is 17.8 Å². The van der Waals surface area contributed by atoms with Gasteiger partial charge < -0.3 is 10.7 Å². The van der Waals surface area contributed by atoms with Crippen LogP contribution in [0.25, 0.3) is 33.3 Å². The molecule has 6 nitrogen and oxygen atoms in total. The highest BCUT2D eigenvalue weighted by molar-refractivity contribution is 6.00. The summed E-state index contributed by atoms with van der Waals surface area (Å²) in [5.74, 6) is 0.445. The van der Waals surface area contributed by atoms with E-state index in [0.29, 0.717) is 5.82 Å². The van der Waals surface area contributed by atoms with Crippen molar-refractivity contribution < 1.29 is 0 Å². The second kappa shape index (κ2) is 4.80. The number of H-pyrrole nitrogens is 1. The number of nitrogens with one attached hydrogen (secondary N) is 1. The Bertz CT molecular complexity index is 1060. The van der Waals surface area contributed by atoms with Crippen molar-refractivity contribution >= 4 is 27.8 Å². The van der Waals surface area contributed by atoms with Crippen LogP contribution in [0.5, 0.6) is 0 Å². The van der Waals surface area contributed by atoms with Gasteiger partial charge in [0.15, 0.2) is 5.65 Å². The first-order valence-electron chi connectivity index (χ1n) is 7.94. The van der Waals surface area contributed by atoms with Crippen LogP contribution in [0.2, 0.25) is 0 Å². The summed E-state index contributed by atoms with van der Waals surface area (Å²) in [4.78, 5) is 12.0. The minimum absolute atomic E-state index is 0.208. The largest absolute Gasteiger partial charge is 0.383 e. The fraction of sp³-hybridized carbons (Fsp3) is 0.278. The Morgan fingerprint density at radius 2 is 1.92 bits per heavy atom. The van der Waals surface area contributed by atoms with Crippen LogP contribution in [0.3, 0.4) is 0 Å². The number of nitrogens with two attached hydrogens (primary N) is 1. The third-order valence-electron chi connectivity index (χ3n) is 4.16. The van der Waals surface area contributed by atoms with E-state index in [1.165, 1.54) is 11.9 Å². The van der Waals surface area contributed by atoms with E-state index < -0.39 is 0 Å². The molecule has 0 aliphatic rings. The summed E-state index contributed by atoms with van der Waals surface area (Å²) in [6, 6.07) is 8.42. The van der Waals surface area contributed by atoms with Crippen molar-refractivity contribution in [3.8, 4) is 11.4 Å². The first-order valence-corrected chi connectivity index (χ1v) is 7.94. The Hall–Kier alpha value is -2.89. The van der Waals surface area contributed by atoms with Crippen molar-refractivity contribution in [1.29, 1.82) is 0 Å². The normalized spacial score (nSPS) is 12.3. The molecule has 0 aliphatic carbocycles. The van der Waals surface area contributed by atoms with E-state index in [-0.39, 0.29) is 5.54 Å². The van der Waals surface area contributed by atoms with Crippen LogP contribution in [0.1, 0.15) is 26.3 Å². The van der Waals surface area contributed by atoms with Crippen molar-refractivity contribution in [3.63, 3.8) is 0 Å². The summed E-state index contributed by atoms with van der Waals surface area (Å²) in [6.07, 6.45) is 1.49. The lowest BCUT2D eigenvalue weighted by Crippen LogP contribution is -2.23. The van der Waals surface area contributed by atoms with E-state index in [1.807, 2.05) is 4.68 Å². The Morgan fingerprint density at radius 3 is 2.67 bits per heavy atom. The van der Waals surface area contributed by atoms with Crippen molar-refractivity contribution in [1.82, 2.24) is 24.7 Å². The Morgan fingerprint density at radius 1 is 1.12 bits per heavy atom. The molecule has 6 heteroatoms. The van der Waals surface area contributed by atoms with Gasteiger partial charge in [-0.1, -0.05) is 11.6 Å². The minimum atomic E-state index is -0.208. The maximum Gasteiger partial charge on any atom is 0.164 e. The highest BCUT2D eigenvalue weighted by Gasteiger charge is 2.24. The number of nitrogens with zero attached hydrogens (tertiary/aromatic N) is 4. The molecule has 3 heterocycles. The molecule has 0 bridgehead atoms. The third-order valence-corrected chi connectivity index (χ3v) is 4.16. The van der Waals surface area contributed by atoms with Crippen LogP contribution in [0.15, 0.2) is 30.6 Å². The van der Waals surface area contributed by atoms with Crippen LogP contribution in [0.4, 0.5) is 5.82 Å². The first kappa shape index (κ1) is 14.7. The standard InChI is InChI=1S/C18H20N6/c1-10-5-6-12-11(7-10)8-13(22-12)15-14-16(19)20-9-21-17(14)24(23-15)18(2,3)4/h5-9,22H,1-4H3,(H2,19,20,21). The van der Waals surface area contributed by atoms with Crippen LogP contribution in [0, 0.1) is 6.92 Å². The van der Waals surface area contributed by atoms with E-state index in [0.717, 1.165) is 33.3 Å². The third kappa shape index (κ3) is 2.14. The lowest BCUT2D eigenvalue weighted by Gasteiger charge is -2.19. The number of anilines is 1. The fourth-order valence-corrected chi connectivity index (χ4v) is 3.01. The number of hydrogen-bond acceptors (Lipinski definition) is 4. The molecule has 24 heavy (non-hydrogen) atoms. The topological polar surface area (TPSA) is 85.4 Å². The van der Waals surface area contributed by atoms with Gasteiger partial charge in [-0.3, -0.25) is 0 Å². The van der Waals surface area contributed by atoms with E-state index in [1.54, 1.807) is 0 Å². The van der Waals surface area contributed by atoms with Crippen molar-refractivity contribution in [2.45, 2.75) is 33.2 Å². The molecule has 0 radical (unpaired) electrons. The van der Waals surface area contributed by atoms with Gasteiger partial charge in [-0.25, -0.2) is 14.6 Å². The van der Waals surface area contributed by atoms with E-state index in [2.05, 4.69) is 66.9 Å². The molecule has 0 unspecified atom stereocenters. The summed E-state index contributed by atoms with van der Waals surface area (Å²) in [6.45, 7) is 8.37. The van der Waals surface area contributed by atoms with Crippen molar-refractivity contribution in [2.24, 2.45) is 0 Å². The molecule has 0 saturated carbocycles. The molecule has 3 N–H and O–H groups in total. The van der Waals surface area contributed by atoms with Gasteiger partial charge in [-0.15, -0.1) is 0 Å². The second-order valence-electron chi connectivity index (χ2n) is 7.16. The van der Waals surface area contributed by atoms with Gasteiger partial charge in [0.2, 0.25) is 0 Å². The van der Waals surface area contributed by atoms with E-state index in [4.69, 9.17) is 10.8 Å². The zero-order valence-electron chi connectivity index (χ0n) is 14.3. The molecule has 0 aliphatic heterocycles. The molecule has 0 saturated heterocycles. The summed E-state index contributed by atoms with van der Waals surface area (Å²) < 4.78 is 1.91. The predicted molar refractivity (Wildman–Crippen MR) is 96.8 cm³/mol. The van der Waals surface area contributed by atoms with Crippen LogP contribution < -0.4 is 5.73 Å². The summed E-state index contributed by atoms with van der Waals surface area (Å²) >= 11 is 0. The average molecular weight is 320 g/mol. The molecule has 0 atom stereocenters. The van der Waals surface area contributed by atoms with Gasteiger partial charge in [0, 0.05) is 10.9 Å². The monoisotopic (exact) mass is 320 g/mol. The zero-order valence-corrected chi connectivity index (χ0v) is 14.3. The molecule has 4 aromatic rings. The van der Waals surface area contributed by atoms with Crippen molar-refractivity contribution in [2.75, 3.05) is 5.73 Å². The van der Waals surface area contributed by atoms with E-state index in [9.17, 15) is 0 Å². The molecule has 0 amide bonds. The predicted octanol–water partition coefficient (Wildman–Crippen LogP) is 3.62. The number of benzene rings is 1. The van der Waals surface area contributed by atoms with Crippen LogP contribution >= 0.6 is 0 Å². The zero-order chi connectivity index (χ0) is 17.1. The van der Waals surface area contributed by atoms with Gasteiger partial charge in [0.25, 0.3) is 0 Å². The number of aromatic amines is 1. The molecule has 4 rings (SSSR count). The number of rotatable bonds is 1. The molecular weight excluding hydrogens is 300 g/mol. The number of fused-ring (bicyclic) bond motifs is 2. The number of nitrogen functional groups attached to an aromatic ring is 1. The quantitative estimate of drug-likeness (QED) is 0.561. The van der Waals surface area contributed by atoms with E-state index >= 15 is 0 Å². The van der Waals surface area contributed by atoms with Gasteiger partial charge in [0.05, 0.1) is 16.6 Å². The van der Waals surface area contributed by atoms with Crippen LogP contribution in [-0.4, -0.2) is 24.7 Å². The summed E-state index contributed by atoms with van der Waals surface area (Å²) in [5, 5.41) is 6.75. The molecule has 0 fully saturated rings. The Labute approximate surface area is 139 Å². The number of aromatic nitrogens is 5. The molecule has 122 valence electrons. The second-order valence-corrected chi connectivity index (χ2v) is 7.16. The lowest BCUT2D eigenvalue weighted by molar-refractivity contribution is 0.366. The molecular formula is C18H20N6. The lowest BCUT2D eigenvalue weighted by atomic mass is 10.1. The van der Waals surface area contributed by atoms with Gasteiger partial charge in [-0.05, 0) is 45.9 Å². The first-order chi connectivity index (χ1) is 11.3. The summed E-state index contributed by atoms with van der Waals surface area (Å²) in [5.41, 5.74) is 10.7. The number of hydrogen-bond donors (Lipinski definition) is 2. The maximum atomic E-state index is 6.15. The van der Waals surface area contributed by atoms with Crippen LogP contribution in [-0.2, 0) is 5.54 Å². The molecule has 3 aromatic heterocycles. The Kier molecular flexibility index (Phi) is 2.94. The van der Waals surface area contributed by atoms with Gasteiger partial charge in [-0.2, -0.15) is 5.10 Å².